The molecule has 1 aliphatic rings. The number of methoxy groups -OCH3 is 1. The van der Waals surface area contributed by atoms with Crippen molar-refractivity contribution in [1.82, 2.24) is 0 Å². The Hall–Kier alpha value is -1.26. The molecule has 1 fully saturated rings. The molecule has 1 heterocycles. The quantitative estimate of drug-likeness (QED) is 0.886. The molecule has 0 saturated carbocycles. The number of nitrogens with two attached hydrogens (primary N) is 1. The Morgan fingerprint density at radius 3 is 2.89 bits per heavy atom. The lowest BCUT2D eigenvalue weighted by atomic mass is 10.1. The van der Waals surface area contributed by atoms with Crippen molar-refractivity contribution in [2.45, 2.75) is 38.3 Å². The molecule has 4 heteroatoms. The van der Waals surface area contributed by atoms with Gasteiger partial charge in [0, 0.05) is 12.6 Å². The second-order valence-electron chi connectivity index (χ2n) is 5.12. The van der Waals surface area contributed by atoms with Crippen LogP contribution < -0.4 is 15.2 Å². The van der Waals surface area contributed by atoms with E-state index in [1.165, 1.54) is 5.56 Å². The summed E-state index contributed by atoms with van der Waals surface area (Å²) in [5.74, 6) is 1.55. The van der Waals surface area contributed by atoms with Crippen molar-refractivity contribution in [3.05, 3.63) is 23.8 Å². The lowest BCUT2D eigenvalue weighted by Gasteiger charge is -2.24. The number of hydrogen-bond donors (Lipinski definition) is 1. The third-order valence-electron chi connectivity index (χ3n) is 3.20. The molecule has 0 radical (unpaired) electrons. The lowest BCUT2D eigenvalue weighted by molar-refractivity contribution is 0.00643. The van der Waals surface area contributed by atoms with E-state index in [1.54, 1.807) is 7.11 Å². The van der Waals surface area contributed by atoms with E-state index >= 15 is 0 Å². The van der Waals surface area contributed by atoms with Gasteiger partial charge < -0.3 is 19.9 Å². The maximum absolute atomic E-state index is 5.96. The van der Waals surface area contributed by atoms with Gasteiger partial charge >= 0.3 is 0 Å². The van der Waals surface area contributed by atoms with Crippen LogP contribution in [0.1, 0.15) is 25.3 Å². The summed E-state index contributed by atoms with van der Waals surface area (Å²) in [6.07, 6.45) is 3.05. The summed E-state index contributed by atoms with van der Waals surface area (Å²) >= 11 is 0. The third-order valence-corrected chi connectivity index (χ3v) is 3.20. The molecule has 2 atom stereocenters. The van der Waals surface area contributed by atoms with Crippen LogP contribution in [0.4, 0.5) is 0 Å². The topological polar surface area (TPSA) is 53.7 Å². The summed E-state index contributed by atoms with van der Waals surface area (Å²) in [5.41, 5.74) is 6.98. The normalized spacial score (nSPS) is 20.9. The van der Waals surface area contributed by atoms with E-state index < -0.39 is 0 Å². The van der Waals surface area contributed by atoms with E-state index in [0.717, 1.165) is 37.4 Å². The Kier molecular flexibility index (Phi) is 5.05. The van der Waals surface area contributed by atoms with Crippen LogP contribution in [-0.2, 0) is 11.2 Å². The Balaban J connectivity index is 2.06. The first-order valence-electron chi connectivity index (χ1n) is 6.86. The predicted octanol–water partition coefficient (Wildman–Crippen LogP) is 2.14. The van der Waals surface area contributed by atoms with Gasteiger partial charge in [0.1, 0.15) is 6.10 Å². The zero-order valence-corrected chi connectivity index (χ0v) is 11.7. The standard InChI is InChI=1S/C15H23NO3/c1-11(16)8-12-5-6-14(15(9-12)17-2)19-13-4-3-7-18-10-13/h5-6,9,11,13H,3-4,7-8,10,16H2,1-2H3. The molecule has 1 aliphatic heterocycles. The number of hydrogen-bond acceptors (Lipinski definition) is 4. The molecule has 1 aromatic rings. The van der Waals surface area contributed by atoms with Crippen LogP contribution in [0.2, 0.25) is 0 Å². The first-order chi connectivity index (χ1) is 9.19. The van der Waals surface area contributed by atoms with Crippen molar-refractivity contribution >= 4 is 0 Å². The summed E-state index contributed by atoms with van der Waals surface area (Å²) in [6.45, 7) is 3.49. The predicted molar refractivity (Wildman–Crippen MR) is 74.8 cm³/mol. The molecule has 0 amide bonds. The lowest BCUT2D eigenvalue weighted by Crippen LogP contribution is -2.28. The molecule has 0 aliphatic carbocycles. The molecule has 2 N–H and O–H groups in total. The minimum absolute atomic E-state index is 0.127. The van der Waals surface area contributed by atoms with Crippen molar-refractivity contribution in [3.8, 4) is 11.5 Å². The summed E-state index contributed by atoms with van der Waals surface area (Å²) < 4.78 is 16.8. The van der Waals surface area contributed by atoms with E-state index in [0.29, 0.717) is 6.61 Å². The smallest absolute Gasteiger partial charge is 0.161 e. The molecule has 106 valence electrons. The Bertz CT molecular complexity index is 400. The average Bonchev–Trinajstić information content (AvgIpc) is 2.41. The number of ether oxygens (including phenoxy) is 3. The van der Waals surface area contributed by atoms with E-state index in [-0.39, 0.29) is 12.1 Å². The number of rotatable bonds is 5. The summed E-state index contributed by atoms with van der Waals surface area (Å²) in [4.78, 5) is 0. The molecule has 0 aromatic heterocycles. The highest BCUT2D eigenvalue weighted by Gasteiger charge is 2.17. The van der Waals surface area contributed by atoms with Crippen LogP contribution in [0.5, 0.6) is 11.5 Å². The van der Waals surface area contributed by atoms with Gasteiger partial charge in [-0.3, -0.25) is 0 Å². The highest BCUT2D eigenvalue weighted by Crippen LogP contribution is 2.30. The Labute approximate surface area is 114 Å². The van der Waals surface area contributed by atoms with Gasteiger partial charge in [0.2, 0.25) is 0 Å². The molecule has 4 nitrogen and oxygen atoms in total. The van der Waals surface area contributed by atoms with E-state index in [1.807, 2.05) is 25.1 Å². The maximum atomic E-state index is 5.96. The zero-order valence-electron chi connectivity index (χ0n) is 11.7. The van der Waals surface area contributed by atoms with Gasteiger partial charge in [-0.1, -0.05) is 6.07 Å². The first-order valence-corrected chi connectivity index (χ1v) is 6.86. The van der Waals surface area contributed by atoms with Gasteiger partial charge in [0.25, 0.3) is 0 Å². The highest BCUT2D eigenvalue weighted by atomic mass is 16.5. The fourth-order valence-electron chi connectivity index (χ4n) is 2.29. The van der Waals surface area contributed by atoms with Crippen molar-refractivity contribution < 1.29 is 14.2 Å². The van der Waals surface area contributed by atoms with Crippen LogP contribution in [0, 0.1) is 0 Å². The molecular formula is C15H23NO3. The molecule has 2 unspecified atom stereocenters. The highest BCUT2D eigenvalue weighted by molar-refractivity contribution is 5.43. The Morgan fingerprint density at radius 2 is 2.26 bits per heavy atom. The van der Waals surface area contributed by atoms with Crippen molar-refractivity contribution in [3.63, 3.8) is 0 Å². The summed E-state index contributed by atoms with van der Waals surface area (Å²) in [6, 6.07) is 6.15. The fraction of sp³-hybridized carbons (Fsp3) is 0.600. The molecular weight excluding hydrogens is 242 g/mol. The van der Waals surface area contributed by atoms with E-state index in [4.69, 9.17) is 19.9 Å². The largest absolute Gasteiger partial charge is 0.493 e. The van der Waals surface area contributed by atoms with Crippen molar-refractivity contribution in [1.29, 1.82) is 0 Å². The van der Waals surface area contributed by atoms with E-state index in [2.05, 4.69) is 0 Å². The second-order valence-corrected chi connectivity index (χ2v) is 5.12. The van der Waals surface area contributed by atoms with Crippen LogP contribution in [0.3, 0.4) is 0 Å². The average molecular weight is 265 g/mol. The SMILES string of the molecule is COc1cc(CC(C)N)ccc1OC1CCCOC1. The third kappa shape index (κ3) is 4.11. The van der Waals surface area contributed by atoms with E-state index in [9.17, 15) is 0 Å². The monoisotopic (exact) mass is 265 g/mol. The van der Waals surface area contributed by atoms with Crippen molar-refractivity contribution in [2.75, 3.05) is 20.3 Å². The molecule has 1 aromatic carbocycles. The molecule has 19 heavy (non-hydrogen) atoms. The van der Waals surface area contributed by atoms with Gasteiger partial charge in [0.15, 0.2) is 11.5 Å². The van der Waals surface area contributed by atoms with Crippen LogP contribution in [-0.4, -0.2) is 32.5 Å². The Morgan fingerprint density at radius 1 is 1.42 bits per heavy atom. The second kappa shape index (κ2) is 6.78. The van der Waals surface area contributed by atoms with Crippen LogP contribution >= 0.6 is 0 Å². The summed E-state index contributed by atoms with van der Waals surface area (Å²) in [7, 11) is 1.66. The molecule has 2 rings (SSSR count). The van der Waals surface area contributed by atoms with Gasteiger partial charge in [-0.15, -0.1) is 0 Å². The van der Waals surface area contributed by atoms with Crippen LogP contribution in [0.15, 0.2) is 18.2 Å². The van der Waals surface area contributed by atoms with Gasteiger partial charge in [-0.05, 0) is 43.9 Å². The minimum Gasteiger partial charge on any atom is -0.493 e. The van der Waals surface area contributed by atoms with Crippen LogP contribution in [0.25, 0.3) is 0 Å². The summed E-state index contributed by atoms with van der Waals surface area (Å²) in [5, 5.41) is 0. The molecule has 0 spiro atoms. The maximum Gasteiger partial charge on any atom is 0.161 e. The molecule has 1 saturated heterocycles. The van der Waals surface area contributed by atoms with Gasteiger partial charge in [-0.25, -0.2) is 0 Å². The minimum atomic E-state index is 0.127. The number of benzene rings is 1. The van der Waals surface area contributed by atoms with Crippen molar-refractivity contribution in [2.24, 2.45) is 5.73 Å². The van der Waals surface area contributed by atoms with Gasteiger partial charge in [0.05, 0.1) is 13.7 Å². The first kappa shape index (κ1) is 14.2. The zero-order chi connectivity index (χ0) is 13.7. The molecule has 0 bridgehead atoms. The fourth-order valence-corrected chi connectivity index (χ4v) is 2.29. The van der Waals surface area contributed by atoms with Gasteiger partial charge in [-0.2, -0.15) is 0 Å².